The summed E-state index contributed by atoms with van der Waals surface area (Å²) >= 11 is 0. The summed E-state index contributed by atoms with van der Waals surface area (Å²) in [6, 6.07) is 8.35. The molecule has 1 fully saturated rings. The third-order valence-corrected chi connectivity index (χ3v) is 3.59. The van der Waals surface area contributed by atoms with E-state index in [9.17, 15) is 4.79 Å². The summed E-state index contributed by atoms with van der Waals surface area (Å²) < 4.78 is 0. The number of amides is 1. The summed E-state index contributed by atoms with van der Waals surface area (Å²) in [5.41, 5.74) is 4.69. The van der Waals surface area contributed by atoms with Gasteiger partial charge in [-0.1, -0.05) is 42.5 Å². The molecule has 86 valence electrons. The second-order valence-electron chi connectivity index (χ2n) is 4.78. The number of carbonyl (C=O) groups excluding carboxylic acids is 1. The maximum Gasteiger partial charge on any atom is 0.231 e. The number of hydrogen-bond acceptors (Lipinski definition) is 1. The average Bonchev–Trinajstić information content (AvgIpc) is 2.72. The van der Waals surface area contributed by atoms with Gasteiger partial charge in [-0.05, 0) is 30.4 Å². The molecule has 1 heterocycles. The van der Waals surface area contributed by atoms with Crippen LogP contribution in [-0.2, 0) is 11.2 Å². The Morgan fingerprint density at radius 1 is 1.29 bits per heavy atom. The highest BCUT2D eigenvalue weighted by Gasteiger charge is 2.29. The van der Waals surface area contributed by atoms with E-state index in [0.29, 0.717) is 0 Å². The van der Waals surface area contributed by atoms with E-state index in [-0.39, 0.29) is 11.8 Å². The van der Waals surface area contributed by atoms with Crippen molar-refractivity contribution in [1.82, 2.24) is 5.32 Å². The van der Waals surface area contributed by atoms with Gasteiger partial charge in [-0.3, -0.25) is 4.79 Å². The molecule has 1 aromatic rings. The monoisotopic (exact) mass is 225 g/mol. The van der Waals surface area contributed by atoms with Crippen LogP contribution in [0.15, 0.2) is 42.1 Å². The quantitative estimate of drug-likeness (QED) is 0.782. The minimum absolute atomic E-state index is 0.0351. The Morgan fingerprint density at radius 3 is 2.88 bits per heavy atom. The SMILES string of the molecule is C=C1CCC(C2=Cc3ccccc3C2)C(=O)N1. The molecule has 2 nitrogen and oxygen atoms in total. The first kappa shape index (κ1) is 10.3. The molecule has 1 N–H and O–H groups in total. The van der Waals surface area contributed by atoms with Gasteiger partial charge in [0.2, 0.25) is 5.91 Å². The lowest BCUT2D eigenvalue weighted by atomic mass is 9.88. The Hall–Kier alpha value is -1.83. The maximum absolute atomic E-state index is 11.9. The molecule has 1 amide bonds. The van der Waals surface area contributed by atoms with Crippen LogP contribution in [0.1, 0.15) is 24.0 Å². The highest BCUT2D eigenvalue weighted by atomic mass is 16.2. The summed E-state index contributed by atoms with van der Waals surface area (Å²) in [5, 5.41) is 2.86. The smallest absolute Gasteiger partial charge is 0.231 e. The van der Waals surface area contributed by atoms with Crippen molar-refractivity contribution >= 4 is 12.0 Å². The van der Waals surface area contributed by atoms with Crippen LogP contribution in [0.5, 0.6) is 0 Å². The molecule has 0 aromatic heterocycles. The van der Waals surface area contributed by atoms with Gasteiger partial charge in [0.15, 0.2) is 0 Å². The van der Waals surface area contributed by atoms with Gasteiger partial charge in [0.05, 0.1) is 5.92 Å². The van der Waals surface area contributed by atoms with Gasteiger partial charge in [0.1, 0.15) is 0 Å². The predicted octanol–water partition coefficient (Wildman–Crippen LogP) is 2.67. The summed E-state index contributed by atoms with van der Waals surface area (Å²) in [5.74, 6) is 0.146. The van der Waals surface area contributed by atoms with E-state index in [1.54, 1.807) is 0 Å². The van der Waals surface area contributed by atoms with Gasteiger partial charge < -0.3 is 5.32 Å². The highest BCUT2D eigenvalue weighted by Crippen LogP contribution is 2.33. The average molecular weight is 225 g/mol. The van der Waals surface area contributed by atoms with Crippen LogP contribution in [-0.4, -0.2) is 5.91 Å². The van der Waals surface area contributed by atoms with Crippen molar-refractivity contribution in [3.05, 3.63) is 53.2 Å². The molecule has 2 aliphatic rings. The maximum atomic E-state index is 11.9. The van der Waals surface area contributed by atoms with Crippen LogP contribution in [0.3, 0.4) is 0 Å². The normalized spacial score (nSPS) is 23.1. The molecule has 0 radical (unpaired) electrons. The Morgan fingerprint density at radius 2 is 2.12 bits per heavy atom. The zero-order valence-corrected chi connectivity index (χ0v) is 9.70. The van der Waals surface area contributed by atoms with E-state index in [1.807, 2.05) is 6.07 Å². The van der Waals surface area contributed by atoms with Crippen molar-refractivity contribution in [2.45, 2.75) is 19.3 Å². The first-order valence-electron chi connectivity index (χ1n) is 6.01. The standard InChI is InChI=1S/C15H15NO/c1-10-6-7-14(15(17)16-10)13-8-11-4-2-3-5-12(11)9-13/h2-5,8,14H,1,6-7,9H2,(H,16,17). The lowest BCUT2D eigenvalue weighted by Crippen LogP contribution is -2.35. The van der Waals surface area contributed by atoms with E-state index in [1.165, 1.54) is 16.7 Å². The molecule has 0 saturated carbocycles. The third-order valence-electron chi connectivity index (χ3n) is 3.59. The molecule has 1 atom stereocenters. The molecule has 3 rings (SSSR count). The summed E-state index contributed by atoms with van der Waals surface area (Å²) in [7, 11) is 0. The lowest BCUT2D eigenvalue weighted by Gasteiger charge is -2.24. The Labute approximate surface area is 101 Å². The fourth-order valence-corrected chi connectivity index (χ4v) is 2.66. The van der Waals surface area contributed by atoms with Gasteiger partial charge in [0, 0.05) is 5.70 Å². The van der Waals surface area contributed by atoms with Gasteiger partial charge in [-0.25, -0.2) is 0 Å². The molecule has 1 aromatic carbocycles. The van der Waals surface area contributed by atoms with Crippen LogP contribution in [0, 0.1) is 5.92 Å². The van der Waals surface area contributed by atoms with Crippen LogP contribution in [0.25, 0.3) is 6.08 Å². The van der Waals surface area contributed by atoms with Crippen LogP contribution in [0.4, 0.5) is 0 Å². The Balaban J connectivity index is 1.84. The molecule has 1 saturated heterocycles. The molecule has 17 heavy (non-hydrogen) atoms. The van der Waals surface area contributed by atoms with Crippen molar-refractivity contribution in [1.29, 1.82) is 0 Å². The Bertz CT molecular complexity index is 527. The van der Waals surface area contributed by atoms with Crippen molar-refractivity contribution in [3.8, 4) is 0 Å². The number of fused-ring (bicyclic) bond motifs is 1. The van der Waals surface area contributed by atoms with Crippen molar-refractivity contribution in [2.24, 2.45) is 5.92 Å². The third kappa shape index (κ3) is 1.80. The van der Waals surface area contributed by atoms with Gasteiger partial charge in [0.25, 0.3) is 0 Å². The number of carbonyl (C=O) groups is 1. The highest BCUT2D eigenvalue weighted by molar-refractivity contribution is 5.86. The van der Waals surface area contributed by atoms with E-state index in [2.05, 4.69) is 36.2 Å². The van der Waals surface area contributed by atoms with Crippen molar-refractivity contribution in [3.63, 3.8) is 0 Å². The largest absolute Gasteiger partial charge is 0.330 e. The van der Waals surface area contributed by atoms with Crippen LogP contribution in [0.2, 0.25) is 0 Å². The van der Waals surface area contributed by atoms with E-state index in [0.717, 1.165) is 25.0 Å². The van der Waals surface area contributed by atoms with E-state index in [4.69, 9.17) is 0 Å². The fourth-order valence-electron chi connectivity index (χ4n) is 2.66. The topological polar surface area (TPSA) is 29.1 Å². The minimum atomic E-state index is 0.0351. The molecular weight excluding hydrogens is 210 g/mol. The van der Waals surface area contributed by atoms with Crippen LogP contribution < -0.4 is 5.32 Å². The van der Waals surface area contributed by atoms with Gasteiger partial charge in [-0.15, -0.1) is 0 Å². The number of rotatable bonds is 1. The van der Waals surface area contributed by atoms with Crippen LogP contribution >= 0.6 is 0 Å². The zero-order chi connectivity index (χ0) is 11.8. The molecular formula is C15H15NO. The zero-order valence-electron chi connectivity index (χ0n) is 9.70. The molecule has 1 aliphatic heterocycles. The number of benzene rings is 1. The lowest BCUT2D eigenvalue weighted by molar-refractivity contribution is -0.124. The van der Waals surface area contributed by atoms with E-state index >= 15 is 0 Å². The second kappa shape index (κ2) is 3.88. The summed E-state index contributed by atoms with van der Waals surface area (Å²) in [4.78, 5) is 11.9. The predicted molar refractivity (Wildman–Crippen MR) is 68.1 cm³/mol. The minimum Gasteiger partial charge on any atom is -0.330 e. The molecule has 0 bridgehead atoms. The first-order valence-corrected chi connectivity index (χ1v) is 6.01. The molecule has 1 unspecified atom stereocenters. The number of piperidine rings is 1. The van der Waals surface area contributed by atoms with Gasteiger partial charge >= 0.3 is 0 Å². The number of hydrogen-bond donors (Lipinski definition) is 1. The first-order chi connectivity index (χ1) is 8.24. The molecule has 1 aliphatic carbocycles. The fraction of sp³-hybridized carbons (Fsp3) is 0.267. The molecule has 2 heteroatoms. The second-order valence-corrected chi connectivity index (χ2v) is 4.78. The summed E-state index contributed by atoms with van der Waals surface area (Å²) in [6.45, 7) is 3.81. The summed E-state index contributed by atoms with van der Waals surface area (Å²) in [6.07, 6.45) is 4.88. The Kier molecular flexibility index (Phi) is 2.36. The number of nitrogens with one attached hydrogen (secondary N) is 1. The van der Waals surface area contributed by atoms with E-state index < -0.39 is 0 Å². The molecule has 0 spiro atoms. The van der Waals surface area contributed by atoms with Crippen molar-refractivity contribution in [2.75, 3.05) is 0 Å². The van der Waals surface area contributed by atoms with Gasteiger partial charge in [-0.2, -0.15) is 0 Å². The van der Waals surface area contributed by atoms with Crippen molar-refractivity contribution < 1.29 is 4.79 Å². The number of allylic oxidation sites excluding steroid dienone is 1.